The molecule has 1 atom stereocenters. The first-order chi connectivity index (χ1) is 8.93. The monoisotopic (exact) mass is 320 g/mol. The smallest absolute Gasteiger partial charge is 0.278 e. The summed E-state index contributed by atoms with van der Waals surface area (Å²) in [5.41, 5.74) is 1.35. The lowest BCUT2D eigenvalue weighted by Crippen LogP contribution is -2.47. The first-order valence-electron chi connectivity index (χ1n) is 6.43. The van der Waals surface area contributed by atoms with Crippen LogP contribution in [0.1, 0.15) is 24.2 Å². The predicted octanol–water partition coefficient (Wildman–Crippen LogP) is 0.888. The first kappa shape index (κ1) is 17.3. The second-order valence-electron chi connectivity index (χ2n) is 4.92. The zero-order valence-electron chi connectivity index (χ0n) is 12.0. The zero-order valence-corrected chi connectivity index (χ0v) is 13.6. The highest BCUT2D eigenvalue weighted by Crippen LogP contribution is 2.18. The molecule has 1 unspecified atom stereocenters. The normalized spacial score (nSPS) is 20.4. The number of piperidine rings is 1. The van der Waals surface area contributed by atoms with Gasteiger partial charge in [0.15, 0.2) is 0 Å². The Morgan fingerprint density at radius 2 is 1.90 bits per heavy atom. The largest absolute Gasteiger partial charge is 0.316 e. The van der Waals surface area contributed by atoms with Crippen molar-refractivity contribution in [3.63, 3.8) is 0 Å². The SMILES string of the molecule is CNC1CCCN(S(=O)(=O)c2nc(C)cc(C)n2)C1.Cl. The molecule has 1 aromatic rings. The Morgan fingerprint density at radius 1 is 1.30 bits per heavy atom. The van der Waals surface area contributed by atoms with Crippen LogP contribution >= 0.6 is 12.4 Å². The molecule has 8 heteroatoms. The molecular formula is C12H21ClN4O2S. The van der Waals surface area contributed by atoms with Crippen LogP contribution in [0.25, 0.3) is 0 Å². The van der Waals surface area contributed by atoms with Gasteiger partial charge in [-0.05, 0) is 39.8 Å². The van der Waals surface area contributed by atoms with E-state index in [1.165, 1.54) is 4.31 Å². The van der Waals surface area contributed by atoms with Crippen LogP contribution in [-0.4, -0.2) is 48.9 Å². The van der Waals surface area contributed by atoms with Crippen molar-refractivity contribution in [1.29, 1.82) is 0 Å². The molecule has 0 bridgehead atoms. The lowest BCUT2D eigenvalue weighted by molar-refractivity contribution is 0.291. The van der Waals surface area contributed by atoms with Gasteiger partial charge in [-0.3, -0.25) is 0 Å². The Kier molecular flexibility index (Phi) is 5.88. The fourth-order valence-corrected chi connectivity index (χ4v) is 3.82. The minimum atomic E-state index is -3.58. The molecule has 1 aromatic heterocycles. The van der Waals surface area contributed by atoms with Gasteiger partial charge in [-0.2, -0.15) is 4.31 Å². The van der Waals surface area contributed by atoms with E-state index in [2.05, 4.69) is 15.3 Å². The molecule has 0 aromatic carbocycles. The maximum Gasteiger partial charge on any atom is 0.278 e. The number of sulfonamides is 1. The number of aromatic nitrogens is 2. The van der Waals surface area contributed by atoms with Crippen molar-refractivity contribution in [2.24, 2.45) is 0 Å². The maximum absolute atomic E-state index is 12.5. The van der Waals surface area contributed by atoms with E-state index in [4.69, 9.17) is 0 Å². The van der Waals surface area contributed by atoms with Crippen LogP contribution in [0, 0.1) is 13.8 Å². The number of halogens is 1. The van der Waals surface area contributed by atoms with Crippen LogP contribution in [0.2, 0.25) is 0 Å². The van der Waals surface area contributed by atoms with Gasteiger partial charge in [-0.15, -0.1) is 12.4 Å². The lowest BCUT2D eigenvalue weighted by atomic mass is 10.1. The van der Waals surface area contributed by atoms with Crippen molar-refractivity contribution in [2.75, 3.05) is 20.1 Å². The van der Waals surface area contributed by atoms with E-state index < -0.39 is 10.0 Å². The topological polar surface area (TPSA) is 75.2 Å². The van der Waals surface area contributed by atoms with E-state index >= 15 is 0 Å². The predicted molar refractivity (Wildman–Crippen MR) is 79.6 cm³/mol. The Balaban J connectivity index is 0.00000200. The molecule has 0 aliphatic carbocycles. The summed E-state index contributed by atoms with van der Waals surface area (Å²) >= 11 is 0. The molecular weight excluding hydrogens is 300 g/mol. The molecule has 0 amide bonds. The highest BCUT2D eigenvalue weighted by molar-refractivity contribution is 7.88. The van der Waals surface area contributed by atoms with Gasteiger partial charge in [0.25, 0.3) is 15.2 Å². The summed E-state index contributed by atoms with van der Waals surface area (Å²) in [6.45, 7) is 4.58. The Labute approximate surface area is 126 Å². The van der Waals surface area contributed by atoms with Crippen LogP contribution in [0.15, 0.2) is 11.2 Å². The third-order valence-corrected chi connectivity index (χ3v) is 4.98. The Bertz CT molecular complexity index is 544. The van der Waals surface area contributed by atoms with Crippen LogP contribution in [-0.2, 0) is 10.0 Å². The summed E-state index contributed by atoms with van der Waals surface area (Å²) in [6.07, 6.45) is 1.85. The summed E-state index contributed by atoms with van der Waals surface area (Å²) in [5.74, 6) is 0. The summed E-state index contributed by atoms with van der Waals surface area (Å²) in [4.78, 5) is 8.14. The quantitative estimate of drug-likeness (QED) is 0.837. The van der Waals surface area contributed by atoms with Crippen molar-refractivity contribution in [1.82, 2.24) is 19.6 Å². The molecule has 0 spiro atoms. The highest BCUT2D eigenvalue weighted by Gasteiger charge is 2.31. The van der Waals surface area contributed by atoms with Crippen LogP contribution in [0.3, 0.4) is 0 Å². The highest BCUT2D eigenvalue weighted by atomic mass is 35.5. The molecule has 2 rings (SSSR count). The molecule has 114 valence electrons. The van der Waals surface area contributed by atoms with Crippen LogP contribution in [0.4, 0.5) is 0 Å². The average molecular weight is 321 g/mol. The molecule has 0 radical (unpaired) electrons. The molecule has 1 N–H and O–H groups in total. The van der Waals surface area contributed by atoms with Gasteiger partial charge in [-0.25, -0.2) is 18.4 Å². The summed E-state index contributed by atoms with van der Waals surface area (Å²) in [7, 11) is -1.72. The van der Waals surface area contributed by atoms with E-state index in [1.54, 1.807) is 19.9 Å². The summed E-state index contributed by atoms with van der Waals surface area (Å²) in [5, 5.41) is 3.05. The van der Waals surface area contributed by atoms with Gasteiger partial charge in [0.05, 0.1) is 0 Å². The van der Waals surface area contributed by atoms with Crippen molar-refractivity contribution < 1.29 is 8.42 Å². The number of nitrogens with zero attached hydrogens (tertiary/aromatic N) is 3. The lowest BCUT2D eigenvalue weighted by Gasteiger charge is -2.31. The van der Waals surface area contributed by atoms with Crippen molar-refractivity contribution in [3.8, 4) is 0 Å². The number of hydrogen-bond acceptors (Lipinski definition) is 5. The molecule has 1 saturated heterocycles. The molecule has 0 saturated carbocycles. The third kappa shape index (κ3) is 3.66. The second kappa shape index (κ2) is 6.80. The minimum Gasteiger partial charge on any atom is -0.316 e. The number of hydrogen-bond donors (Lipinski definition) is 1. The molecule has 1 aliphatic rings. The first-order valence-corrected chi connectivity index (χ1v) is 7.87. The molecule has 6 nitrogen and oxygen atoms in total. The maximum atomic E-state index is 12.5. The van der Waals surface area contributed by atoms with E-state index in [0.29, 0.717) is 24.5 Å². The van der Waals surface area contributed by atoms with Crippen LogP contribution in [0.5, 0.6) is 0 Å². The van der Waals surface area contributed by atoms with E-state index in [0.717, 1.165) is 12.8 Å². The van der Waals surface area contributed by atoms with E-state index in [-0.39, 0.29) is 23.6 Å². The molecule has 1 fully saturated rings. The minimum absolute atomic E-state index is 0. The van der Waals surface area contributed by atoms with Gasteiger partial charge in [-0.1, -0.05) is 0 Å². The molecule has 20 heavy (non-hydrogen) atoms. The fourth-order valence-electron chi connectivity index (χ4n) is 2.32. The number of aryl methyl sites for hydroxylation is 2. The van der Waals surface area contributed by atoms with Gasteiger partial charge in [0.2, 0.25) is 0 Å². The fraction of sp³-hybridized carbons (Fsp3) is 0.667. The molecule has 1 aliphatic heterocycles. The number of nitrogens with one attached hydrogen (secondary N) is 1. The van der Waals surface area contributed by atoms with Gasteiger partial charge >= 0.3 is 0 Å². The van der Waals surface area contributed by atoms with Gasteiger partial charge in [0.1, 0.15) is 0 Å². The van der Waals surface area contributed by atoms with Crippen molar-refractivity contribution >= 4 is 22.4 Å². The number of likely N-dealkylation sites (N-methyl/N-ethyl adjacent to an activating group) is 1. The van der Waals surface area contributed by atoms with Gasteiger partial charge < -0.3 is 5.32 Å². The van der Waals surface area contributed by atoms with Crippen molar-refractivity contribution in [3.05, 3.63) is 17.5 Å². The average Bonchev–Trinajstić information content (AvgIpc) is 2.37. The Hall–Kier alpha value is -0.760. The molecule has 2 heterocycles. The standard InChI is InChI=1S/C12H20N4O2S.ClH/c1-9-7-10(2)15-12(14-9)19(17,18)16-6-4-5-11(8-16)13-3;/h7,11,13H,4-6,8H2,1-3H3;1H. The zero-order chi connectivity index (χ0) is 14.0. The van der Waals surface area contributed by atoms with Crippen LogP contribution < -0.4 is 5.32 Å². The third-order valence-electron chi connectivity index (χ3n) is 3.32. The number of rotatable bonds is 3. The Morgan fingerprint density at radius 3 is 2.45 bits per heavy atom. The van der Waals surface area contributed by atoms with Gasteiger partial charge in [0, 0.05) is 30.5 Å². The summed E-state index contributed by atoms with van der Waals surface area (Å²) in [6, 6.07) is 1.97. The second-order valence-corrected chi connectivity index (χ2v) is 6.76. The summed E-state index contributed by atoms with van der Waals surface area (Å²) < 4.78 is 26.5. The van der Waals surface area contributed by atoms with E-state index in [9.17, 15) is 8.42 Å². The van der Waals surface area contributed by atoms with Crippen molar-refractivity contribution in [2.45, 2.75) is 37.9 Å². The van der Waals surface area contributed by atoms with E-state index in [1.807, 2.05) is 7.05 Å².